The molecule has 0 unspecified atom stereocenters. The van der Waals surface area contributed by atoms with Crippen molar-refractivity contribution < 1.29 is 4.39 Å². The van der Waals surface area contributed by atoms with E-state index in [9.17, 15) is 4.39 Å². The van der Waals surface area contributed by atoms with E-state index in [2.05, 4.69) is 27.9 Å². The summed E-state index contributed by atoms with van der Waals surface area (Å²) in [6, 6.07) is 6.77. The van der Waals surface area contributed by atoms with Crippen molar-refractivity contribution in [1.29, 1.82) is 0 Å². The molecule has 0 saturated carbocycles. The van der Waals surface area contributed by atoms with Gasteiger partial charge in [-0.1, -0.05) is 47.6 Å². The Balaban J connectivity index is 2.03. The lowest BCUT2D eigenvalue weighted by Gasteiger charge is -2.04. The van der Waals surface area contributed by atoms with Crippen LogP contribution in [-0.2, 0) is 6.54 Å². The van der Waals surface area contributed by atoms with Gasteiger partial charge in [0.25, 0.3) is 0 Å². The Morgan fingerprint density at radius 2 is 1.94 bits per heavy atom. The van der Waals surface area contributed by atoms with Gasteiger partial charge in [0.1, 0.15) is 5.82 Å². The van der Waals surface area contributed by atoms with Crippen molar-refractivity contribution in [1.82, 2.24) is 5.32 Å². The molecule has 1 aromatic rings. The predicted octanol–water partition coefficient (Wildman–Crippen LogP) is 3.91. The summed E-state index contributed by atoms with van der Waals surface area (Å²) in [5.74, 6) is -0.152. The highest BCUT2D eigenvalue weighted by Crippen LogP contribution is 2.04. The number of rotatable bonds is 8. The van der Waals surface area contributed by atoms with E-state index in [0.717, 1.165) is 18.7 Å². The Bertz CT molecular complexity index is 291. The fraction of sp³-hybridized carbons (Fsp3) is 0.538. The number of hydrogen-bond acceptors (Lipinski definition) is 1. The predicted molar refractivity (Wildman–Crippen MR) is 75.5 cm³/mol. The normalized spacial score (nSPS) is 10.6. The Labute approximate surface area is 111 Å². The minimum absolute atomic E-state index is 0.152. The second-order valence-electron chi connectivity index (χ2n) is 3.91. The number of unbranched alkanes of at least 4 members (excludes halogenated alkanes) is 3. The van der Waals surface area contributed by atoms with Crippen molar-refractivity contribution in [3.05, 3.63) is 35.6 Å². The van der Waals surface area contributed by atoms with Gasteiger partial charge in [-0.15, -0.1) is 0 Å². The van der Waals surface area contributed by atoms with Crippen molar-refractivity contribution in [2.24, 2.45) is 0 Å². The maximum absolute atomic E-state index is 12.9. The van der Waals surface area contributed by atoms with Crippen LogP contribution in [0.5, 0.6) is 0 Å². The third kappa shape index (κ3) is 6.43. The van der Waals surface area contributed by atoms with Crippen LogP contribution in [0.25, 0.3) is 0 Å². The van der Waals surface area contributed by atoms with Crippen LogP contribution in [-0.4, -0.2) is 11.0 Å². The van der Waals surface area contributed by atoms with Crippen LogP contribution in [0.15, 0.2) is 24.3 Å². The summed E-state index contributed by atoms with van der Waals surface area (Å²) >= 11 is 2.42. The summed E-state index contributed by atoms with van der Waals surface area (Å²) in [5.41, 5.74) is 1.02. The van der Waals surface area contributed by atoms with Crippen LogP contribution >= 0.6 is 22.6 Å². The monoisotopic (exact) mass is 335 g/mol. The van der Waals surface area contributed by atoms with E-state index in [1.54, 1.807) is 12.1 Å². The largest absolute Gasteiger partial charge is 0.313 e. The quantitative estimate of drug-likeness (QED) is 0.431. The van der Waals surface area contributed by atoms with E-state index < -0.39 is 0 Å². The summed E-state index contributed by atoms with van der Waals surface area (Å²) in [6.45, 7) is 1.79. The van der Waals surface area contributed by atoms with Gasteiger partial charge < -0.3 is 5.32 Å². The fourth-order valence-electron chi connectivity index (χ4n) is 1.58. The molecule has 0 amide bonds. The highest BCUT2D eigenvalue weighted by molar-refractivity contribution is 14.1. The number of alkyl halides is 1. The number of nitrogens with one attached hydrogen (secondary N) is 1. The molecule has 16 heavy (non-hydrogen) atoms. The maximum atomic E-state index is 12.9. The average Bonchev–Trinajstić information content (AvgIpc) is 2.28. The molecule has 0 radical (unpaired) electrons. The van der Waals surface area contributed by atoms with E-state index in [4.69, 9.17) is 0 Å². The van der Waals surface area contributed by atoms with Crippen molar-refractivity contribution in [3.63, 3.8) is 0 Å². The molecule has 0 aromatic heterocycles. The molecule has 3 heteroatoms. The number of hydrogen-bond donors (Lipinski definition) is 1. The van der Waals surface area contributed by atoms with Crippen molar-refractivity contribution in [2.75, 3.05) is 11.0 Å². The summed E-state index contributed by atoms with van der Waals surface area (Å²) in [5, 5.41) is 3.34. The van der Waals surface area contributed by atoms with Gasteiger partial charge in [-0.2, -0.15) is 0 Å². The first kappa shape index (κ1) is 13.9. The van der Waals surface area contributed by atoms with Crippen LogP contribution in [0.1, 0.15) is 31.2 Å². The lowest BCUT2D eigenvalue weighted by Crippen LogP contribution is -2.14. The summed E-state index contributed by atoms with van der Waals surface area (Å²) < 4.78 is 14.1. The van der Waals surface area contributed by atoms with Gasteiger partial charge in [-0.05, 0) is 41.5 Å². The second kappa shape index (κ2) is 8.93. The maximum Gasteiger partial charge on any atom is 0.123 e. The van der Waals surface area contributed by atoms with Crippen LogP contribution in [0.4, 0.5) is 4.39 Å². The van der Waals surface area contributed by atoms with Crippen molar-refractivity contribution >= 4 is 22.6 Å². The molecule has 0 heterocycles. The molecule has 1 nitrogen and oxygen atoms in total. The third-order valence-corrected chi connectivity index (χ3v) is 3.22. The highest BCUT2D eigenvalue weighted by atomic mass is 127. The van der Waals surface area contributed by atoms with Crippen molar-refractivity contribution in [3.8, 4) is 0 Å². The number of benzene rings is 1. The zero-order valence-corrected chi connectivity index (χ0v) is 11.7. The molecular weight excluding hydrogens is 316 g/mol. The molecule has 1 aromatic carbocycles. The van der Waals surface area contributed by atoms with Crippen LogP contribution < -0.4 is 5.32 Å². The van der Waals surface area contributed by atoms with E-state index >= 15 is 0 Å². The minimum atomic E-state index is -0.152. The standard InChI is InChI=1S/C13H19FIN/c14-13-7-5-6-12(10-13)11-16-9-4-2-1-3-8-15/h5-7,10,16H,1-4,8-9,11H2. The Hall–Kier alpha value is -0.160. The first-order valence-corrected chi connectivity index (χ1v) is 7.36. The zero-order chi connectivity index (χ0) is 11.6. The smallest absolute Gasteiger partial charge is 0.123 e. The van der Waals surface area contributed by atoms with Gasteiger partial charge in [0.15, 0.2) is 0 Å². The summed E-state index contributed by atoms with van der Waals surface area (Å²) in [4.78, 5) is 0. The molecule has 90 valence electrons. The molecule has 0 fully saturated rings. The van der Waals surface area contributed by atoms with Gasteiger partial charge in [0, 0.05) is 6.54 Å². The molecule has 0 atom stereocenters. The van der Waals surface area contributed by atoms with Crippen molar-refractivity contribution in [2.45, 2.75) is 32.2 Å². The van der Waals surface area contributed by atoms with Gasteiger partial charge in [-0.25, -0.2) is 4.39 Å². The first-order chi connectivity index (χ1) is 7.83. The molecule has 0 saturated heterocycles. The topological polar surface area (TPSA) is 12.0 Å². The Morgan fingerprint density at radius 1 is 1.12 bits per heavy atom. The van der Waals surface area contributed by atoms with Gasteiger partial charge >= 0.3 is 0 Å². The summed E-state index contributed by atoms with van der Waals surface area (Å²) in [6.07, 6.45) is 5.15. The molecular formula is C13H19FIN. The molecule has 0 aliphatic rings. The summed E-state index contributed by atoms with van der Waals surface area (Å²) in [7, 11) is 0. The average molecular weight is 335 g/mol. The lowest BCUT2D eigenvalue weighted by molar-refractivity contribution is 0.594. The van der Waals surface area contributed by atoms with E-state index in [0.29, 0.717) is 0 Å². The highest BCUT2D eigenvalue weighted by Gasteiger charge is 1.94. The van der Waals surface area contributed by atoms with Crippen LogP contribution in [0, 0.1) is 5.82 Å². The molecule has 0 aliphatic heterocycles. The Morgan fingerprint density at radius 3 is 2.69 bits per heavy atom. The molecule has 1 rings (SSSR count). The van der Waals surface area contributed by atoms with Gasteiger partial charge in [0.2, 0.25) is 0 Å². The zero-order valence-electron chi connectivity index (χ0n) is 9.52. The van der Waals surface area contributed by atoms with Crippen LogP contribution in [0.3, 0.4) is 0 Å². The second-order valence-corrected chi connectivity index (χ2v) is 4.99. The first-order valence-electron chi connectivity index (χ1n) is 5.84. The third-order valence-electron chi connectivity index (χ3n) is 2.46. The molecule has 0 spiro atoms. The van der Waals surface area contributed by atoms with E-state index in [1.807, 2.05) is 6.07 Å². The van der Waals surface area contributed by atoms with Gasteiger partial charge in [-0.3, -0.25) is 0 Å². The van der Waals surface area contributed by atoms with E-state index in [1.165, 1.54) is 36.2 Å². The van der Waals surface area contributed by atoms with Crippen LogP contribution in [0.2, 0.25) is 0 Å². The minimum Gasteiger partial charge on any atom is -0.313 e. The lowest BCUT2D eigenvalue weighted by atomic mass is 10.2. The van der Waals surface area contributed by atoms with Gasteiger partial charge in [0.05, 0.1) is 0 Å². The molecule has 0 bridgehead atoms. The van der Waals surface area contributed by atoms with E-state index in [-0.39, 0.29) is 5.82 Å². The Kier molecular flexibility index (Phi) is 7.76. The molecule has 0 aliphatic carbocycles. The number of halogens is 2. The molecule has 1 N–H and O–H groups in total. The fourth-order valence-corrected chi connectivity index (χ4v) is 2.12. The SMILES string of the molecule is Fc1cccc(CNCCCCCCI)c1.